The topological polar surface area (TPSA) is 62.5 Å². The van der Waals surface area contributed by atoms with E-state index in [9.17, 15) is 0 Å². The monoisotopic (exact) mass is 764 g/mol. The molecule has 5 nitrogen and oxygen atoms in total. The number of aliphatic imine (C=N–C) groups is 1. The van der Waals surface area contributed by atoms with Crippen LogP contribution in [0.1, 0.15) is 29.3 Å². The summed E-state index contributed by atoms with van der Waals surface area (Å²) in [6.07, 6.45) is 7.67. The molecule has 4 heterocycles. The third-order valence-corrected chi connectivity index (χ3v) is 13.0. The van der Waals surface area contributed by atoms with Crippen molar-refractivity contribution in [2.24, 2.45) is 10.9 Å². The van der Waals surface area contributed by atoms with E-state index in [0.29, 0.717) is 0 Å². The van der Waals surface area contributed by atoms with Gasteiger partial charge in [-0.05, 0) is 59.5 Å². The molecule has 58 heavy (non-hydrogen) atoms. The van der Waals surface area contributed by atoms with E-state index in [2.05, 4.69) is 181 Å². The van der Waals surface area contributed by atoms with Gasteiger partial charge in [0.15, 0.2) is 0 Å². The van der Waals surface area contributed by atoms with E-state index in [4.69, 9.17) is 14.4 Å². The van der Waals surface area contributed by atoms with Crippen LogP contribution in [0, 0.1) is 5.92 Å². The quantitative estimate of drug-likeness (QED) is 0.171. The first-order valence-electron chi connectivity index (χ1n) is 19.9. The molecule has 3 unspecified atom stereocenters. The summed E-state index contributed by atoms with van der Waals surface area (Å²) < 4.78 is 9.35. The fourth-order valence-corrected chi connectivity index (χ4v) is 10.2. The number of pyridine rings is 1. The average Bonchev–Trinajstić information content (AvgIpc) is 3.87. The van der Waals surface area contributed by atoms with Crippen LogP contribution < -0.4 is 10.6 Å². The molecule has 0 saturated heterocycles. The molecule has 2 N–H and O–H groups in total. The normalized spacial score (nSPS) is 18.3. The highest BCUT2D eigenvalue weighted by atomic mass is 32.1. The number of fused-ring (bicyclic) bond motifs is 10. The van der Waals surface area contributed by atoms with E-state index in [-0.39, 0.29) is 18.2 Å². The smallest absolute Gasteiger partial charge is 0.144 e. The van der Waals surface area contributed by atoms with E-state index in [0.717, 1.165) is 78.3 Å². The lowest BCUT2D eigenvalue weighted by Gasteiger charge is -2.36. The number of amidine groups is 1. The number of aromatic nitrogens is 1. The van der Waals surface area contributed by atoms with Gasteiger partial charge in [-0.2, -0.15) is 0 Å². The number of furan rings is 1. The largest absolute Gasteiger partial charge is 0.455 e. The Morgan fingerprint density at radius 2 is 1.40 bits per heavy atom. The Morgan fingerprint density at radius 1 is 0.621 bits per heavy atom. The standard InChI is InChI=1S/C52H36N4OS/c1-3-13-31(14-4-1)48-39-27-26-36-41-30-34(25-28-43(41)57-49(36)47(39)37-19-7-9-22-42(37)53-48)33-17-11-18-35(29-33)51-54-50(32-15-5-2-6-16-32)55-52(56-51)40-21-12-24-45-46(40)38-20-8-10-23-44(38)58-45/h1-17,19-30,35,50-51,54H,18H2,(H,55,56). The summed E-state index contributed by atoms with van der Waals surface area (Å²) >= 11 is 1.84. The van der Waals surface area contributed by atoms with Crippen molar-refractivity contribution in [3.05, 3.63) is 193 Å². The Labute approximate surface area is 338 Å². The van der Waals surface area contributed by atoms with Crippen molar-refractivity contribution in [2.45, 2.75) is 18.8 Å². The first-order chi connectivity index (χ1) is 28.7. The zero-order valence-corrected chi connectivity index (χ0v) is 32.2. The summed E-state index contributed by atoms with van der Waals surface area (Å²) in [4.78, 5) is 10.5. The van der Waals surface area contributed by atoms with Crippen LogP contribution in [0.2, 0.25) is 0 Å². The molecule has 7 aromatic carbocycles. The summed E-state index contributed by atoms with van der Waals surface area (Å²) in [5, 5.41) is 15.8. The van der Waals surface area contributed by atoms with Crippen LogP contribution in [0.15, 0.2) is 185 Å². The van der Waals surface area contributed by atoms with Crippen molar-refractivity contribution in [1.82, 2.24) is 15.6 Å². The molecule has 1 aliphatic carbocycles. The number of rotatable bonds is 5. The van der Waals surface area contributed by atoms with Crippen molar-refractivity contribution >= 4 is 86.5 Å². The second kappa shape index (κ2) is 13.4. The van der Waals surface area contributed by atoms with Gasteiger partial charge in [-0.1, -0.05) is 140 Å². The zero-order valence-electron chi connectivity index (χ0n) is 31.4. The fraction of sp³-hybridized carbons (Fsp3) is 0.0769. The van der Waals surface area contributed by atoms with Gasteiger partial charge in [0.25, 0.3) is 0 Å². The lowest BCUT2D eigenvalue weighted by molar-refractivity contribution is 0.329. The molecule has 1 aliphatic heterocycles. The molecule has 0 amide bonds. The maximum atomic E-state index is 6.78. The minimum absolute atomic E-state index is 0.0524. The van der Waals surface area contributed by atoms with Crippen molar-refractivity contribution in [2.75, 3.05) is 0 Å². The number of benzene rings is 7. The summed E-state index contributed by atoms with van der Waals surface area (Å²) in [5.74, 6) is 1.10. The highest BCUT2D eigenvalue weighted by molar-refractivity contribution is 7.25. The first-order valence-corrected chi connectivity index (χ1v) is 20.7. The van der Waals surface area contributed by atoms with Crippen LogP contribution in [-0.2, 0) is 0 Å². The molecule has 276 valence electrons. The number of hydrogen-bond acceptors (Lipinski definition) is 6. The van der Waals surface area contributed by atoms with Crippen molar-refractivity contribution in [1.29, 1.82) is 0 Å². The van der Waals surface area contributed by atoms with Gasteiger partial charge in [0, 0.05) is 64.1 Å². The van der Waals surface area contributed by atoms with Crippen LogP contribution in [0.25, 0.3) is 80.6 Å². The predicted molar refractivity (Wildman–Crippen MR) is 242 cm³/mol. The molecule has 12 rings (SSSR count). The SMILES string of the molecule is C1=CC(c2ccc3oc4c(ccc5c(-c6ccccc6)nc6ccccc6c54)c3c2)=CC(C2NC(c3cccc4sc5ccccc5c34)=NC(c3ccccc3)N2)C1. The van der Waals surface area contributed by atoms with Crippen LogP contribution in [0.5, 0.6) is 0 Å². The molecule has 10 aromatic rings. The molecular formula is C52H36N4OS. The molecule has 3 atom stereocenters. The lowest BCUT2D eigenvalue weighted by Crippen LogP contribution is -2.54. The zero-order chi connectivity index (χ0) is 38.2. The minimum Gasteiger partial charge on any atom is -0.455 e. The molecule has 0 radical (unpaired) electrons. The van der Waals surface area contributed by atoms with Crippen LogP contribution >= 0.6 is 11.3 Å². The Hall–Kier alpha value is -6.86. The highest BCUT2D eigenvalue weighted by Crippen LogP contribution is 2.42. The van der Waals surface area contributed by atoms with Gasteiger partial charge in [-0.15, -0.1) is 11.3 Å². The number of hydrogen-bond donors (Lipinski definition) is 2. The van der Waals surface area contributed by atoms with E-state index >= 15 is 0 Å². The van der Waals surface area contributed by atoms with Crippen molar-refractivity contribution < 1.29 is 4.42 Å². The Balaban J connectivity index is 0.948. The minimum atomic E-state index is -0.192. The van der Waals surface area contributed by atoms with Gasteiger partial charge in [0.05, 0.1) is 17.4 Å². The fourth-order valence-electron chi connectivity index (χ4n) is 9.11. The summed E-state index contributed by atoms with van der Waals surface area (Å²) in [6, 6.07) is 55.8. The molecule has 3 aromatic heterocycles. The summed E-state index contributed by atoms with van der Waals surface area (Å²) in [7, 11) is 0. The van der Waals surface area contributed by atoms with Gasteiger partial charge in [-0.25, -0.2) is 9.98 Å². The molecule has 0 spiro atoms. The summed E-state index contributed by atoms with van der Waals surface area (Å²) in [6.45, 7) is 0. The van der Waals surface area contributed by atoms with Crippen molar-refractivity contribution in [3.63, 3.8) is 0 Å². The van der Waals surface area contributed by atoms with Crippen LogP contribution in [0.4, 0.5) is 0 Å². The third kappa shape index (κ3) is 5.41. The van der Waals surface area contributed by atoms with Crippen LogP contribution in [0.3, 0.4) is 0 Å². The van der Waals surface area contributed by atoms with Gasteiger partial charge < -0.3 is 9.73 Å². The lowest BCUT2D eigenvalue weighted by atomic mass is 9.89. The Morgan fingerprint density at radius 3 is 2.29 bits per heavy atom. The van der Waals surface area contributed by atoms with Gasteiger partial charge in [0.1, 0.15) is 23.2 Å². The number of nitrogens with zero attached hydrogens (tertiary/aromatic N) is 2. The number of para-hydroxylation sites is 1. The van der Waals surface area contributed by atoms with Crippen molar-refractivity contribution in [3.8, 4) is 11.3 Å². The predicted octanol–water partition coefficient (Wildman–Crippen LogP) is 12.9. The molecular weight excluding hydrogens is 729 g/mol. The summed E-state index contributed by atoms with van der Waals surface area (Å²) in [5.41, 5.74) is 9.44. The molecule has 2 aliphatic rings. The Kier molecular flexibility index (Phi) is 7.68. The Bertz CT molecular complexity index is 3340. The van der Waals surface area contributed by atoms with Gasteiger partial charge >= 0.3 is 0 Å². The molecule has 0 fully saturated rings. The van der Waals surface area contributed by atoms with E-state index in [1.165, 1.54) is 31.3 Å². The number of nitrogens with one attached hydrogen (secondary N) is 2. The maximum absolute atomic E-state index is 6.78. The second-order valence-corrected chi connectivity index (χ2v) is 16.4. The van der Waals surface area contributed by atoms with E-state index in [1.807, 2.05) is 17.4 Å². The first kappa shape index (κ1) is 33.3. The number of thiophene rings is 1. The number of allylic oxidation sites excluding steroid dienone is 3. The second-order valence-electron chi connectivity index (χ2n) is 15.3. The molecule has 0 saturated carbocycles. The van der Waals surface area contributed by atoms with E-state index in [1.54, 1.807) is 0 Å². The third-order valence-electron chi connectivity index (χ3n) is 11.9. The van der Waals surface area contributed by atoms with Gasteiger partial charge in [0.2, 0.25) is 0 Å². The maximum Gasteiger partial charge on any atom is 0.144 e. The average molecular weight is 765 g/mol. The van der Waals surface area contributed by atoms with Crippen LogP contribution in [-0.4, -0.2) is 17.0 Å². The van der Waals surface area contributed by atoms with E-state index < -0.39 is 0 Å². The molecule has 0 bridgehead atoms. The van der Waals surface area contributed by atoms with Gasteiger partial charge in [-0.3, -0.25) is 5.32 Å². The highest BCUT2D eigenvalue weighted by Gasteiger charge is 2.31. The molecule has 6 heteroatoms.